The third-order valence-electron chi connectivity index (χ3n) is 7.18. The highest BCUT2D eigenvalue weighted by Crippen LogP contribution is 2.37. The quantitative estimate of drug-likeness (QED) is 0.207. The first-order valence-corrected chi connectivity index (χ1v) is 13.3. The Labute approximate surface area is 236 Å². The second-order valence-electron chi connectivity index (χ2n) is 10.0. The number of hydrogen-bond donors (Lipinski definition) is 6. The number of H-pyrrole nitrogens is 2. The van der Waals surface area contributed by atoms with Crippen LogP contribution in [0, 0.1) is 0 Å². The molecule has 1 aliphatic rings. The maximum atomic E-state index is 13.3. The number of nitrogens with one attached hydrogen (secondary N) is 6. The second kappa shape index (κ2) is 11.6. The zero-order chi connectivity index (χ0) is 29.1. The van der Waals surface area contributed by atoms with Crippen molar-refractivity contribution in [2.75, 3.05) is 20.2 Å². The van der Waals surface area contributed by atoms with Crippen LogP contribution in [-0.4, -0.2) is 65.9 Å². The van der Waals surface area contributed by atoms with Gasteiger partial charge in [-0.1, -0.05) is 43.0 Å². The number of ether oxygens (including phenoxy) is 1. The molecule has 6 N–H and O–H groups in total. The summed E-state index contributed by atoms with van der Waals surface area (Å²) in [5, 5.41) is 13.0. The fourth-order valence-electron chi connectivity index (χ4n) is 5.28. The molecule has 0 radical (unpaired) electrons. The lowest BCUT2D eigenvalue weighted by molar-refractivity contribution is -0.144. The lowest BCUT2D eigenvalue weighted by Crippen LogP contribution is -2.49. The molecule has 11 nitrogen and oxygen atoms in total. The summed E-state index contributed by atoms with van der Waals surface area (Å²) < 4.78 is 5.05. The first-order chi connectivity index (χ1) is 19.7. The predicted octanol–water partition coefficient (Wildman–Crippen LogP) is 1.80. The van der Waals surface area contributed by atoms with Gasteiger partial charge in [-0.25, -0.2) is 4.79 Å². The Kier molecular flexibility index (Phi) is 7.77. The van der Waals surface area contributed by atoms with Crippen LogP contribution in [0.25, 0.3) is 33.2 Å². The molecular formula is C30H32N6O5. The summed E-state index contributed by atoms with van der Waals surface area (Å²) in [7, 11) is 1.28. The van der Waals surface area contributed by atoms with E-state index in [-0.39, 0.29) is 31.8 Å². The van der Waals surface area contributed by atoms with Crippen LogP contribution in [0.15, 0.2) is 60.8 Å². The summed E-state index contributed by atoms with van der Waals surface area (Å²) in [5.74, 6) is -1.76. The van der Waals surface area contributed by atoms with Crippen LogP contribution in [0.2, 0.25) is 0 Å². The van der Waals surface area contributed by atoms with Crippen molar-refractivity contribution in [3.05, 3.63) is 71.9 Å². The Morgan fingerprint density at radius 1 is 0.878 bits per heavy atom. The predicted molar refractivity (Wildman–Crippen MR) is 155 cm³/mol. The molecule has 41 heavy (non-hydrogen) atoms. The SMILES string of the molecule is C=C1CNC(=O)[C@@H](NC(C)=O)Cc2c([nH]c3ccccc23)-c2[nH]c3ccccc3c2C[C@@H](C(=O)OC)NC(=O)CN1. The number of benzene rings is 2. The standard InChI is InChI=1S/C30H32N6O5/c1-16-14-32-29(39)24(33-17(2)37)12-20-18-8-4-6-10-22(18)35-27(20)28-21(19-9-5-7-11-23(19)36-28)13-25(30(40)41-3)34-26(38)15-31-16/h4-11,24-25,31,35-36H,1,12-15H2,2-3H3,(H,32,39)(H,33,37)(H,34,38)/t24-,25-/m0/s1. The molecule has 3 heterocycles. The number of hydrogen-bond acceptors (Lipinski definition) is 6. The van der Waals surface area contributed by atoms with E-state index < -0.39 is 29.9 Å². The number of carbonyl (C=O) groups is 4. The van der Waals surface area contributed by atoms with E-state index in [9.17, 15) is 19.2 Å². The highest BCUT2D eigenvalue weighted by Gasteiger charge is 2.29. The molecule has 11 heteroatoms. The van der Waals surface area contributed by atoms with Crippen molar-refractivity contribution in [2.24, 2.45) is 0 Å². The molecule has 0 spiro atoms. The average Bonchev–Trinajstić information content (AvgIpc) is 3.51. The number of methoxy groups -OCH3 is 1. The highest BCUT2D eigenvalue weighted by molar-refractivity contribution is 5.98. The monoisotopic (exact) mass is 556 g/mol. The molecule has 0 bridgehead atoms. The Morgan fingerprint density at radius 3 is 2.05 bits per heavy atom. The van der Waals surface area contributed by atoms with Gasteiger partial charge in [0, 0.05) is 47.3 Å². The van der Waals surface area contributed by atoms with E-state index in [0.29, 0.717) is 17.1 Å². The lowest BCUT2D eigenvalue weighted by atomic mass is 9.96. The maximum Gasteiger partial charge on any atom is 0.328 e. The molecule has 2 aromatic heterocycles. The molecule has 0 aliphatic carbocycles. The smallest absolute Gasteiger partial charge is 0.328 e. The van der Waals surface area contributed by atoms with Crippen molar-refractivity contribution in [3.8, 4) is 11.4 Å². The number of carbonyl (C=O) groups excluding carboxylic acids is 4. The van der Waals surface area contributed by atoms with E-state index in [4.69, 9.17) is 4.74 Å². The van der Waals surface area contributed by atoms with Gasteiger partial charge in [-0.05, 0) is 23.3 Å². The molecular weight excluding hydrogens is 524 g/mol. The Hall–Kier alpha value is -5.06. The van der Waals surface area contributed by atoms with Crippen LogP contribution in [-0.2, 0) is 36.8 Å². The van der Waals surface area contributed by atoms with Gasteiger partial charge in [0.25, 0.3) is 0 Å². The van der Waals surface area contributed by atoms with Crippen molar-refractivity contribution in [1.82, 2.24) is 31.2 Å². The molecule has 3 amide bonds. The number of aromatic nitrogens is 2. The number of fused-ring (bicyclic) bond motifs is 7. The molecule has 0 saturated heterocycles. The molecule has 2 atom stereocenters. The normalized spacial score (nSPS) is 18.5. The molecule has 5 rings (SSSR count). The number of esters is 1. The largest absolute Gasteiger partial charge is 0.467 e. The van der Waals surface area contributed by atoms with Crippen LogP contribution in [0.1, 0.15) is 18.1 Å². The second-order valence-corrected chi connectivity index (χ2v) is 10.0. The molecule has 0 unspecified atom stereocenters. The zero-order valence-corrected chi connectivity index (χ0v) is 22.9. The van der Waals surface area contributed by atoms with Gasteiger partial charge in [-0.15, -0.1) is 0 Å². The summed E-state index contributed by atoms with van der Waals surface area (Å²) in [6, 6.07) is 13.6. The van der Waals surface area contributed by atoms with Crippen molar-refractivity contribution in [1.29, 1.82) is 0 Å². The Bertz CT molecular complexity index is 1670. The minimum Gasteiger partial charge on any atom is -0.467 e. The summed E-state index contributed by atoms with van der Waals surface area (Å²) in [6.45, 7) is 5.11. The third kappa shape index (κ3) is 5.79. The van der Waals surface area contributed by atoms with E-state index in [0.717, 1.165) is 32.9 Å². The van der Waals surface area contributed by atoms with Crippen molar-refractivity contribution >= 4 is 45.5 Å². The fraction of sp³-hybridized carbons (Fsp3) is 0.267. The van der Waals surface area contributed by atoms with Gasteiger partial charge in [-0.3, -0.25) is 14.4 Å². The van der Waals surface area contributed by atoms with Gasteiger partial charge < -0.3 is 36.0 Å². The van der Waals surface area contributed by atoms with Gasteiger partial charge in [0.2, 0.25) is 17.7 Å². The highest BCUT2D eigenvalue weighted by atomic mass is 16.5. The Morgan fingerprint density at radius 2 is 1.46 bits per heavy atom. The number of para-hydroxylation sites is 2. The molecule has 4 aromatic rings. The van der Waals surface area contributed by atoms with Crippen LogP contribution in [0.5, 0.6) is 0 Å². The van der Waals surface area contributed by atoms with Crippen LogP contribution in [0.3, 0.4) is 0 Å². The summed E-state index contributed by atoms with van der Waals surface area (Å²) in [6.07, 6.45) is 0.333. The van der Waals surface area contributed by atoms with Gasteiger partial charge in [0.05, 0.1) is 31.6 Å². The molecule has 2 aromatic carbocycles. The van der Waals surface area contributed by atoms with Crippen molar-refractivity contribution in [2.45, 2.75) is 31.8 Å². The van der Waals surface area contributed by atoms with E-state index in [2.05, 4.69) is 37.8 Å². The summed E-state index contributed by atoms with van der Waals surface area (Å²) in [4.78, 5) is 58.2. The zero-order valence-electron chi connectivity index (χ0n) is 22.9. The third-order valence-corrected chi connectivity index (χ3v) is 7.18. The van der Waals surface area contributed by atoms with Crippen molar-refractivity contribution in [3.63, 3.8) is 0 Å². The topological polar surface area (TPSA) is 157 Å². The molecule has 212 valence electrons. The van der Waals surface area contributed by atoms with E-state index in [1.807, 2.05) is 48.5 Å². The lowest BCUT2D eigenvalue weighted by Gasteiger charge is -2.21. The molecule has 1 aliphatic heterocycles. The van der Waals surface area contributed by atoms with Gasteiger partial charge in [-0.2, -0.15) is 0 Å². The van der Waals surface area contributed by atoms with Crippen LogP contribution < -0.4 is 21.3 Å². The van der Waals surface area contributed by atoms with Crippen LogP contribution in [0.4, 0.5) is 0 Å². The molecule has 0 saturated carbocycles. The van der Waals surface area contributed by atoms with Crippen LogP contribution >= 0.6 is 0 Å². The number of aromatic amines is 2. The molecule has 0 fully saturated rings. The van der Waals surface area contributed by atoms with Gasteiger partial charge in [0.15, 0.2) is 0 Å². The Balaban J connectivity index is 1.73. The minimum absolute atomic E-state index is 0.0372. The minimum atomic E-state index is -0.965. The summed E-state index contributed by atoms with van der Waals surface area (Å²) in [5.41, 5.74) is 5.10. The van der Waals surface area contributed by atoms with E-state index in [1.165, 1.54) is 14.0 Å². The van der Waals surface area contributed by atoms with Gasteiger partial charge in [0.1, 0.15) is 12.1 Å². The van der Waals surface area contributed by atoms with Gasteiger partial charge >= 0.3 is 5.97 Å². The summed E-state index contributed by atoms with van der Waals surface area (Å²) >= 11 is 0. The van der Waals surface area contributed by atoms with E-state index in [1.54, 1.807) is 0 Å². The first kappa shape index (κ1) is 27.5. The fourth-order valence-corrected chi connectivity index (χ4v) is 5.28. The maximum absolute atomic E-state index is 13.3. The van der Waals surface area contributed by atoms with Crippen molar-refractivity contribution < 1.29 is 23.9 Å². The number of rotatable bonds is 2. The number of amides is 3. The first-order valence-electron chi connectivity index (χ1n) is 13.3. The van der Waals surface area contributed by atoms with E-state index >= 15 is 0 Å². The average molecular weight is 557 g/mol.